The predicted octanol–water partition coefficient (Wildman–Crippen LogP) is 0.264. The number of hydrogen-bond acceptors (Lipinski definition) is 4. The lowest BCUT2D eigenvalue weighted by atomic mass is 10.3. The summed E-state index contributed by atoms with van der Waals surface area (Å²) in [5.41, 5.74) is 5.99. The molecule has 0 radical (unpaired) electrons. The van der Waals surface area contributed by atoms with Crippen LogP contribution in [0.15, 0.2) is 18.2 Å². The van der Waals surface area contributed by atoms with Gasteiger partial charge in [0.25, 0.3) is 0 Å². The molecule has 1 rings (SSSR count). The Morgan fingerprint density at radius 1 is 1.56 bits per heavy atom. The van der Waals surface area contributed by atoms with E-state index in [4.69, 9.17) is 18.0 Å². The van der Waals surface area contributed by atoms with Gasteiger partial charge in [0.15, 0.2) is 0 Å². The van der Waals surface area contributed by atoms with Crippen LogP contribution in [0, 0.1) is 0 Å². The van der Waals surface area contributed by atoms with Gasteiger partial charge in [-0.2, -0.15) is 0 Å². The Morgan fingerprint density at radius 2 is 2.31 bits per heavy atom. The van der Waals surface area contributed by atoms with E-state index in [1.807, 2.05) is 6.92 Å². The highest BCUT2D eigenvalue weighted by atomic mass is 32.1. The maximum atomic E-state index is 11.2. The van der Waals surface area contributed by atoms with Crippen LogP contribution in [0.5, 0.6) is 0 Å². The molecule has 0 aliphatic rings. The van der Waals surface area contributed by atoms with Crippen molar-refractivity contribution >= 4 is 28.9 Å². The molecule has 0 fully saturated rings. The Morgan fingerprint density at radius 3 is 2.94 bits per heavy atom. The average molecular weight is 238 g/mol. The van der Waals surface area contributed by atoms with E-state index in [0.717, 1.165) is 0 Å². The summed E-state index contributed by atoms with van der Waals surface area (Å²) >= 11 is 4.81. The molecule has 1 aromatic rings. The minimum absolute atomic E-state index is 0.0787. The van der Waals surface area contributed by atoms with Crippen LogP contribution < -0.4 is 16.4 Å². The van der Waals surface area contributed by atoms with Crippen molar-refractivity contribution in [1.82, 2.24) is 10.3 Å². The summed E-state index contributed by atoms with van der Waals surface area (Å²) in [6, 6.07) is 5.25. The summed E-state index contributed by atoms with van der Waals surface area (Å²) in [7, 11) is 0. The van der Waals surface area contributed by atoms with E-state index in [0.29, 0.717) is 18.1 Å². The number of hydrogen-bond donors (Lipinski definition) is 3. The van der Waals surface area contributed by atoms with Crippen LogP contribution in [0.25, 0.3) is 0 Å². The van der Waals surface area contributed by atoms with Crippen molar-refractivity contribution in [3.05, 3.63) is 23.9 Å². The third kappa shape index (κ3) is 3.82. The van der Waals surface area contributed by atoms with Crippen LogP contribution in [0.3, 0.4) is 0 Å². The Bertz CT molecular complexity index is 394. The first-order chi connectivity index (χ1) is 7.63. The fourth-order valence-corrected chi connectivity index (χ4v) is 1.21. The third-order valence-electron chi connectivity index (χ3n) is 1.81. The van der Waals surface area contributed by atoms with E-state index in [9.17, 15) is 4.79 Å². The molecule has 86 valence electrons. The van der Waals surface area contributed by atoms with Crippen LogP contribution in [-0.4, -0.2) is 29.0 Å². The van der Waals surface area contributed by atoms with Crippen molar-refractivity contribution < 1.29 is 4.79 Å². The zero-order valence-electron chi connectivity index (χ0n) is 8.99. The van der Waals surface area contributed by atoms with Gasteiger partial charge in [-0.1, -0.05) is 18.3 Å². The molecule has 4 N–H and O–H groups in total. The number of rotatable bonds is 5. The topological polar surface area (TPSA) is 80.0 Å². The van der Waals surface area contributed by atoms with Crippen molar-refractivity contribution in [3.63, 3.8) is 0 Å². The van der Waals surface area contributed by atoms with E-state index in [2.05, 4.69) is 15.6 Å². The first kappa shape index (κ1) is 12.4. The fraction of sp³-hybridized carbons (Fsp3) is 0.300. The maximum absolute atomic E-state index is 11.2. The largest absolute Gasteiger partial charge is 0.388 e. The normalized spacial score (nSPS) is 9.56. The lowest BCUT2D eigenvalue weighted by Crippen LogP contribution is -2.29. The van der Waals surface area contributed by atoms with Gasteiger partial charge >= 0.3 is 0 Å². The number of anilines is 1. The first-order valence-electron chi connectivity index (χ1n) is 4.91. The smallest absolute Gasteiger partial charge is 0.239 e. The number of carbonyl (C=O) groups excluding carboxylic acids is 1. The third-order valence-corrected chi connectivity index (χ3v) is 2.01. The molecular formula is C10H14N4OS. The Hall–Kier alpha value is -1.69. The number of nitrogens with zero attached hydrogens (tertiary/aromatic N) is 1. The molecular weight excluding hydrogens is 224 g/mol. The highest BCUT2D eigenvalue weighted by Crippen LogP contribution is 2.04. The minimum atomic E-state index is -0.0787. The van der Waals surface area contributed by atoms with E-state index >= 15 is 0 Å². The summed E-state index contributed by atoms with van der Waals surface area (Å²) in [6.07, 6.45) is 0. The van der Waals surface area contributed by atoms with Crippen molar-refractivity contribution in [1.29, 1.82) is 0 Å². The van der Waals surface area contributed by atoms with Gasteiger partial charge in [0, 0.05) is 6.54 Å². The fourth-order valence-electron chi connectivity index (χ4n) is 1.10. The number of nitrogens with one attached hydrogen (secondary N) is 2. The standard InChI is InChI=1S/C10H14N4OS/c1-2-12-9(15)6-13-8-5-3-4-7(14-8)10(11)16/h3-5H,2,6H2,1H3,(H2,11,16)(H,12,15)(H,13,14). The number of carbonyl (C=O) groups is 1. The second-order valence-corrected chi connectivity index (χ2v) is 3.52. The number of likely N-dealkylation sites (N-methyl/N-ethyl adjacent to an activating group) is 1. The van der Waals surface area contributed by atoms with Gasteiger partial charge in [-0.25, -0.2) is 4.98 Å². The number of aromatic nitrogens is 1. The highest BCUT2D eigenvalue weighted by molar-refractivity contribution is 7.80. The molecule has 0 aliphatic heterocycles. The van der Waals surface area contributed by atoms with Gasteiger partial charge in [0.1, 0.15) is 10.8 Å². The summed E-state index contributed by atoms with van der Waals surface area (Å²) in [4.78, 5) is 15.6. The molecule has 0 saturated carbocycles. The molecule has 0 saturated heterocycles. The van der Waals surface area contributed by atoms with Crippen molar-refractivity contribution in [2.24, 2.45) is 5.73 Å². The molecule has 0 aliphatic carbocycles. The zero-order chi connectivity index (χ0) is 12.0. The van der Waals surface area contributed by atoms with E-state index in [-0.39, 0.29) is 17.4 Å². The maximum Gasteiger partial charge on any atom is 0.239 e. The molecule has 1 amide bonds. The van der Waals surface area contributed by atoms with E-state index in [1.54, 1.807) is 18.2 Å². The molecule has 0 unspecified atom stereocenters. The molecule has 0 aromatic carbocycles. The summed E-state index contributed by atoms with van der Waals surface area (Å²) in [5, 5.41) is 5.56. The van der Waals surface area contributed by atoms with Crippen LogP contribution in [0.1, 0.15) is 12.6 Å². The molecule has 0 spiro atoms. The quantitative estimate of drug-likeness (QED) is 0.641. The highest BCUT2D eigenvalue weighted by Gasteiger charge is 2.02. The van der Waals surface area contributed by atoms with E-state index < -0.39 is 0 Å². The van der Waals surface area contributed by atoms with Crippen LogP contribution in [0.4, 0.5) is 5.82 Å². The van der Waals surface area contributed by atoms with Gasteiger partial charge in [0.2, 0.25) is 5.91 Å². The van der Waals surface area contributed by atoms with Gasteiger partial charge in [-0.3, -0.25) is 4.79 Å². The van der Waals surface area contributed by atoms with E-state index in [1.165, 1.54) is 0 Å². The second-order valence-electron chi connectivity index (χ2n) is 3.08. The average Bonchev–Trinajstić information content (AvgIpc) is 2.27. The molecule has 1 aromatic heterocycles. The second kappa shape index (κ2) is 6.02. The monoisotopic (exact) mass is 238 g/mol. The Labute approximate surface area is 99.4 Å². The molecule has 0 bridgehead atoms. The summed E-state index contributed by atoms with van der Waals surface area (Å²) < 4.78 is 0. The molecule has 5 nitrogen and oxygen atoms in total. The van der Waals surface area contributed by atoms with Crippen LogP contribution >= 0.6 is 12.2 Å². The number of pyridine rings is 1. The Kier molecular flexibility index (Phi) is 4.65. The molecule has 0 atom stereocenters. The predicted molar refractivity (Wildman–Crippen MR) is 67.3 cm³/mol. The van der Waals surface area contributed by atoms with Crippen LogP contribution in [-0.2, 0) is 4.79 Å². The number of nitrogens with two attached hydrogens (primary N) is 1. The first-order valence-corrected chi connectivity index (χ1v) is 5.31. The van der Waals surface area contributed by atoms with Crippen molar-refractivity contribution in [2.75, 3.05) is 18.4 Å². The lowest BCUT2D eigenvalue weighted by molar-refractivity contribution is -0.119. The lowest BCUT2D eigenvalue weighted by Gasteiger charge is -2.06. The van der Waals surface area contributed by atoms with Crippen molar-refractivity contribution in [3.8, 4) is 0 Å². The molecule has 1 heterocycles. The van der Waals surface area contributed by atoms with Gasteiger partial charge in [-0.05, 0) is 19.1 Å². The zero-order valence-corrected chi connectivity index (χ0v) is 9.80. The number of thiocarbonyl (C=S) groups is 1. The molecule has 6 heteroatoms. The Balaban J connectivity index is 2.57. The van der Waals surface area contributed by atoms with Gasteiger partial charge in [-0.15, -0.1) is 0 Å². The summed E-state index contributed by atoms with van der Waals surface area (Å²) in [6.45, 7) is 2.66. The molecule has 16 heavy (non-hydrogen) atoms. The SMILES string of the molecule is CCNC(=O)CNc1cccc(C(N)=S)n1. The van der Waals surface area contributed by atoms with Crippen LogP contribution in [0.2, 0.25) is 0 Å². The van der Waals surface area contributed by atoms with Gasteiger partial charge < -0.3 is 16.4 Å². The minimum Gasteiger partial charge on any atom is -0.388 e. The van der Waals surface area contributed by atoms with Gasteiger partial charge in [0.05, 0.1) is 12.2 Å². The summed E-state index contributed by atoms with van der Waals surface area (Å²) in [5.74, 6) is 0.501. The number of amides is 1. The van der Waals surface area contributed by atoms with Crippen molar-refractivity contribution in [2.45, 2.75) is 6.92 Å².